The van der Waals surface area contributed by atoms with Crippen molar-refractivity contribution in [2.75, 3.05) is 11.4 Å². The fraction of sp³-hybridized carbons (Fsp3) is 0.364. The van der Waals surface area contributed by atoms with Crippen LogP contribution in [0, 0.1) is 39.9 Å². The molecule has 0 saturated heterocycles. The Hall–Kier alpha value is -3.56. The molecule has 6 heteroatoms. The molecule has 0 radical (unpaired) electrons. The second-order valence-corrected chi connectivity index (χ2v) is 8.13. The van der Waals surface area contributed by atoms with Gasteiger partial charge in [0.15, 0.2) is 5.57 Å². The van der Waals surface area contributed by atoms with Crippen LogP contribution in [0.15, 0.2) is 35.0 Å². The lowest BCUT2D eigenvalue weighted by molar-refractivity contribution is -0.114. The van der Waals surface area contributed by atoms with Gasteiger partial charge in [-0.15, -0.1) is 0 Å². The Bertz CT molecular complexity index is 1040. The van der Waals surface area contributed by atoms with Gasteiger partial charge in [0.1, 0.15) is 18.2 Å². The van der Waals surface area contributed by atoms with Crippen molar-refractivity contribution in [1.29, 1.82) is 15.8 Å². The lowest BCUT2D eigenvalue weighted by atomic mass is 9.95. The van der Waals surface area contributed by atoms with Gasteiger partial charge < -0.3 is 10.2 Å². The van der Waals surface area contributed by atoms with Crippen molar-refractivity contribution in [2.24, 2.45) is 5.92 Å². The van der Waals surface area contributed by atoms with Gasteiger partial charge in [0.2, 0.25) is 0 Å². The third kappa shape index (κ3) is 3.02. The molecule has 0 atom stereocenters. The molecule has 1 N–H and O–H groups in total. The maximum Gasteiger partial charge on any atom is 0.257 e. The summed E-state index contributed by atoms with van der Waals surface area (Å²) < 4.78 is 0. The van der Waals surface area contributed by atoms with E-state index in [-0.39, 0.29) is 28.0 Å². The zero-order valence-electron chi connectivity index (χ0n) is 16.4. The number of rotatable bonds is 3. The summed E-state index contributed by atoms with van der Waals surface area (Å²) in [6, 6.07) is 11.2. The second-order valence-electron chi connectivity index (χ2n) is 8.13. The van der Waals surface area contributed by atoms with Crippen LogP contribution in [0.4, 0.5) is 5.69 Å². The maximum absolute atomic E-state index is 12.5. The van der Waals surface area contributed by atoms with Gasteiger partial charge in [-0.3, -0.25) is 4.79 Å². The molecule has 2 aliphatic rings. The van der Waals surface area contributed by atoms with Crippen LogP contribution >= 0.6 is 0 Å². The van der Waals surface area contributed by atoms with E-state index in [1.807, 2.05) is 24.3 Å². The molecule has 0 saturated carbocycles. The average Bonchev–Trinajstić information content (AvgIpc) is 3.08. The van der Waals surface area contributed by atoms with Gasteiger partial charge in [-0.05, 0) is 49.4 Å². The van der Waals surface area contributed by atoms with Crippen LogP contribution in [0.2, 0.25) is 0 Å². The molecule has 0 fully saturated rings. The Kier molecular flexibility index (Phi) is 4.72. The molecule has 6 nitrogen and oxygen atoms in total. The number of nitriles is 3. The van der Waals surface area contributed by atoms with Gasteiger partial charge in [0.25, 0.3) is 5.91 Å². The van der Waals surface area contributed by atoms with Gasteiger partial charge in [0.05, 0.1) is 16.8 Å². The van der Waals surface area contributed by atoms with E-state index in [4.69, 9.17) is 10.5 Å². The highest BCUT2D eigenvalue weighted by Gasteiger charge is 2.37. The number of hydrogen-bond acceptors (Lipinski definition) is 5. The molecule has 2 heterocycles. The Balaban J connectivity index is 2.13. The van der Waals surface area contributed by atoms with Crippen molar-refractivity contribution in [2.45, 2.75) is 39.7 Å². The lowest BCUT2D eigenvalue weighted by Gasteiger charge is -2.35. The van der Waals surface area contributed by atoms with E-state index in [2.05, 4.69) is 37.9 Å². The summed E-state index contributed by atoms with van der Waals surface area (Å²) in [5.74, 6) is 0.0484. The van der Waals surface area contributed by atoms with Crippen molar-refractivity contribution in [3.63, 3.8) is 0 Å². The molecular formula is C22H21N5O. The van der Waals surface area contributed by atoms with E-state index in [1.165, 1.54) is 0 Å². The van der Waals surface area contributed by atoms with Crippen LogP contribution in [0.1, 0.15) is 38.8 Å². The largest absolute Gasteiger partial charge is 0.366 e. The van der Waals surface area contributed by atoms with E-state index in [0.29, 0.717) is 11.5 Å². The molecule has 28 heavy (non-hydrogen) atoms. The van der Waals surface area contributed by atoms with Crippen LogP contribution < -0.4 is 10.2 Å². The first-order chi connectivity index (χ1) is 13.2. The minimum Gasteiger partial charge on any atom is -0.366 e. The van der Waals surface area contributed by atoms with E-state index in [1.54, 1.807) is 12.1 Å². The average molecular weight is 371 g/mol. The molecule has 140 valence electrons. The predicted molar refractivity (Wildman–Crippen MR) is 105 cm³/mol. The molecule has 3 rings (SSSR count). The molecular weight excluding hydrogens is 350 g/mol. The first-order valence-corrected chi connectivity index (χ1v) is 9.15. The summed E-state index contributed by atoms with van der Waals surface area (Å²) in [5, 5.41) is 30.3. The highest BCUT2D eigenvalue weighted by atomic mass is 16.2. The number of carbonyl (C=O) groups excluding carboxylic acids is 1. The van der Waals surface area contributed by atoms with Gasteiger partial charge in [-0.25, -0.2) is 0 Å². The van der Waals surface area contributed by atoms with Crippen molar-refractivity contribution in [3.05, 3.63) is 46.2 Å². The number of amides is 1. The smallest absolute Gasteiger partial charge is 0.257 e. The third-order valence-corrected chi connectivity index (χ3v) is 5.11. The maximum atomic E-state index is 12.5. The van der Waals surface area contributed by atoms with Crippen LogP contribution in [-0.2, 0) is 11.2 Å². The minimum atomic E-state index is -0.467. The Morgan fingerprint density at radius 2 is 1.93 bits per heavy atom. The van der Waals surface area contributed by atoms with Crippen LogP contribution in [0.25, 0.3) is 5.57 Å². The Morgan fingerprint density at radius 1 is 1.25 bits per heavy atom. The van der Waals surface area contributed by atoms with Gasteiger partial charge >= 0.3 is 0 Å². The first kappa shape index (κ1) is 19.2. The van der Waals surface area contributed by atoms with Crippen LogP contribution in [-0.4, -0.2) is 18.0 Å². The van der Waals surface area contributed by atoms with E-state index in [0.717, 1.165) is 24.2 Å². The van der Waals surface area contributed by atoms with Crippen molar-refractivity contribution >= 4 is 17.2 Å². The number of allylic oxidation sites excluding steroid dienone is 2. The topological polar surface area (TPSA) is 104 Å². The van der Waals surface area contributed by atoms with Gasteiger partial charge in [-0.1, -0.05) is 19.9 Å². The number of benzene rings is 1. The summed E-state index contributed by atoms with van der Waals surface area (Å²) in [7, 11) is 0. The number of nitrogens with one attached hydrogen (secondary N) is 1. The highest BCUT2D eigenvalue weighted by molar-refractivity contribution is 6.26. The summed E-state index contributed by atoms with van der Waals surface area (Å²) in [4.78, 5) is 14.9. The Morgan fingerprint density at radius 3 is 2.50 bits per heavy atom. The van der Waals surface area contributed by atoms with E-state index < -0.39 is 5.91 Å². The fourth-order valence-electron chi connectivity index (χ4n) is 3.93. The van der Waals surface area contributed by atoms with Crippen molar-refractivity contribution < 1.29 is 4.79 Å². The second kappa shape index (κ2) is 6.87. The van der Waals surface area contributed by atoms with Crippen LogP contribution in [0.3, 0.4) is 0 Å². The molecule has 1 aromatic carbocycles. The minimum absolute atomic E-state index is 0.00485. The van der Waals surface area contributed by atoms with Gasteiger partial charge in [0, 0.05) is 17.8 Å². The van der Waals surface area contributed by atoms with Crippen molar-refractivity contribution in [3.8, 4) is 18.2 Å². The van der Waals surface area contributed by atoms with E-state index in [9.17, 15) is 10.1 Å². The molecule has 0 unspecified atom stereocenters. The Labute approximate surface area is 165 Å². The SMILES string of the molecule is CC(C)CN1c2ccc(C3=C(C#N)C(=C(C#N)C#N)NC3=O)cc2CC1(C)C. The molecule has 0 spiro atoms. The van der Waals surface area contributed by atoms with E-state index >= 15 is 0 Å². The highest BCUT2D eigenvalue weighted by Crippen LogP contribution is 2.41. The zero-order chi connectivity index (χ0) is 20.6. The van der Waals surface area contributed by atoms with Crippen molar-refractivity contribution in [1.82, 2.24) is 5.32 Å². The number of fused-ring (bicyclic) bond motifs is 1. The molecule has 2 aliphatic heterocycles. The quantitative estimate of drug-likeness (QED) is 0.822. The molecule has 1 amide bonds. The number of hydrogen-bond donors (Lipinski definition) is 1. The summed E-state index contributed by atoms with van der Waals surface area (Å²) >= 11 is 0. The fourth-order valence-corrected chi connectivity index (χ4v) is 3.93. The lowest BCUT2D eigenvalue weighted by Crippen LogP contribution is -2.43. The molecule has 0 aliphatic carbocycles. The predicted octanol–water partition coefficient (Wildman–Crippen LogP) is 3.19. The first-order valence-electron chi connectivity index (χ1n) is 9.15. The molecule has 0 aromatic heterocycles. The summed E-state index contributed by atoms with van der Waals surface area (Å²) in [5.41, 5.74) is 2.84. The molecule has 1 aromatic rings. The number of anilines is 1. The monoisotopic (exact) mass is 371 g/mol. The summed E-state index contributed by atoms with van der Waals surface area (Å²) in [6.45, 7) is 9.71. The normalized spacial score (nSPS) is 17.1. The third-order valence-electron chi connectivity index (χ3n) is 5.11. The number of nitrogens with zero attached hydrogens (tertiary/aromatic N) is 4. The zero-order valence-corrected chi connectivity index (χ0v) is 16.4. The van der Waals surface area contributed by atoms with Crippen LogP contribution in [0.5, 0.6) is 0 Å². The number of carbonyl (C=O) groups is 1. The summed E-state index contributed by atoms with van der Waals surface area (Å²) in [6.07, 6.45) is 0.837. The standard InChI is InChI=1S/C22H21N5O/c1-13(2)12-27-18-6-5-14(7-15(18)8-22(27,3)4)19-17(11-25)20(26-21(19)28)16(9-23)10-24/h5-7,13H,8,12H2,1-4H3,(H,26,28). The molecule has 0 bridgehead atoms. The van der Waals surface area contributed by atoms with Gasteiger partial charge in [-0.2, -0.15) is 15.8 Å².